The number of non-ortho nitro benzene ring substituents is 1. The molecule has 25 heavy (non-hydrogen) atoms. The van der Waals surface area contributed by atoms with Crippen LogP contribution >= 0.6 is 23.5 Å². The first-order valence-electron chi connectivity index (χ1n) is 7.48. The van der Waals surface area contributed by atoms with Crippen LogP contribution in [0.15, 0.2) is 45.4 Å². The Balaban J connectivity index is 1.87. The van der Waals surface area contributed by atoms with E-state index in [0.717, 1.165) is 33.0 Å². The highest BCUT2D eigenvalue weighted by Crippen LogP contribution is 2.33. The molecule has 0 radical (unpaired) electrons. The molecular weight excluding hydrogens is 360 g/mol. The first kappa shape index (κ1) is 17.5. The van der Waals surface area contributed by atoms with Gasteiger partial charge < -0.3 is 4.42 Å². The molecule has 128 valence electrons. The van der Waals surface area contributed by atoms with E-state index >= 15 is 0 Å². The van der Waals surface area contributed by atoms with Crippen molar-refractivity contribution < 1.29 is 14.1 Å². The largest absolute Gasteiger partial charge is 0.457 e. The zero-order chi connectivity index (χ0) is 18.0. The highest BCUT2D eigenvalue weighted by molar-refractivity contribution is 8.45. The lowest BCUT2D eigenvalue weighted by Crippen LogP contribution is -1.89. The highest BCUT2D eigenvalue weighted by Gasteiger charge is 2.22. The van der Waals surface area contributed by atoms with Gasteiger partial charge in [0.2, 0.25) is 5.12 Å². The molecule has 1 aromatic heterocycles. The van der Waals surface area contributed by atoms with Gasteiger partial charge in [0, 0.05) is 23.8 Å². The number of carbonyl (C=O) groups excluding carboxylic acids is 1. The molecule has 0 bridgehead atoms. The Morgan fingerprint density at radius 3 is 2.84 bits per heavy atom. The molecule has 0 N–H and O–H groups in total. The molecule has 1 aliphatic heterocycles. The Bertz CT molecular complexity index is 915. The van der Waals surface area contributed by atoms with Gasteiger partial charge in [-0.1, -0.05) is 18.7 Å². The van der Waals surface area contributed by atoms with E-state index < -0.39 is 4.92 Å². The summed E-state index contributed by atoms with van der Waals surface area (Å²) in [4.78, 5) is 26.7. The Hall–Kier alpha value is -2.32. The van der Waals surface area contributed by atoms with Gasteiger partial charge in [-0.15, -0.1) is 0 Å². The van der Waals surface area contributed by atoms with Crippen molar-refractivity contribution in [3.63, 3.8) is 0 Å². The second-order valence-corrected chi connectivity index (χ2v) is 7.66. The summed E-state index contributed by atoms with van der Waals surface area (Å²) in [5.74, 6) is 1.96. The Morgan fingerprint density at radius 2 is 2.16 bits per heavy atom. The van der Waals surface area contributed by atoms with Crippen LogP contribution in [0.4, 0.5) is 5.69 Å². The molecule has 1 aliphatic rings. The molecule has 0 aliphatic carbocycles. The molecule has 0 saturated carbocycles. The number of nitro benzene ring substituents is 1. The van der Waals surface area contributed by atoms with Crippen molar-refractivity contribution >= 4 is 44.8 Å². The maximum atomic E-state index is 12.0. The maximum Gasteiger partial charge on any atom is 0.269 e. The quantitative estimate of drug-likeness (QED) is 0.430. The van der Waals surface area contributed by atoms with Gasteiger partial charge in [0.1, 0.15) is 21.6 Å². The summed E-state index contributed by atoms with van der Waals surface area (Å²) in [5.41, 5.74) is 1.92. The minimum Gasteiger partial charge on any atom is -0.457 e. The number of nitrogens with zero attached hydrogens (tertiary/aromatic N) is 2. The van der Waals surface area contributed by atoms with Crippen molar-refractivity contribution in [1.29, 1.82) is 0 Å². The second-order valence-electron chi connectivity index (χ2n) is 5.19. The number of carbonyl (C=O) groups is 1. The van der Waals surface area contributed by atoms with Gasteiger partial charge in [-0.25, -0.2) is 4.99 Å². The third-order valence-corrected chi connectivity index (χ3v) is 5.35. The topological polar surface area (TPSA) is 85.7 Å². The first-order valence-corrected chi connectivity index (χ1v) is 9.28. The van der Waals surface area contributed by atoms with Crippen molar-refractivity contribution in [2.45, 2.75) is 13.8 Å². The summed E-state index contributed by atoms with van der Waals surface area (Å²) in [5, 5.41) is 10.7. The van der Waals surface area contributed by atoms with Crippen molar-refractivity contribution in [3.8, 4) is 11.3 Å². The van der Waals surface area contributed by atoms with Gasteiger partial charge in [-0.2, -0.15) is 0 Å². The monoisotopic (exact) mass is 374 g/mol. The number of nitro groups is 1. The summed E-state index contributed by atoms with van der Waals surface area (Å²) in [6.45, 7) is 3.80. The summed E-state index contributed by atoms with van der Waals surface area (Å²) >= 11 is 2.66. The third kappa shape index (κ3) is 3.85. The predicted molar refractivity (Wildman–Crippen MR) is 102 cm³/mol. The SMILES string of the molecule is CCSC1=N/C(=C\c2ccc(-c3ccc([N+](=O)[O-])cc3C)o2)C(=O)S1. The molecule has 6 nitrogen and oxygen atoms in total. The average Bonchev–Trinajstić information content (AvgIpc) is 3.15. The fraction of sp³-hybridized carbons (Fsp3) is 0.176. The van der Waals surface area contributed by atoms with E-state index in [4.69, 9.17) is 4.42 Å². The van der Waals surface area contributed by atoms with Crippen molar-refractivity contribution in [3.05, 3.63) is 57.5 Å². The highest BCUT2D eigenvalue weighted by atomic mass is 32.2. The molecule has 0 amide bonds. The van der Waals surface area contributed by atoms with Gasteiger partial charge in [-0.3, -0.25) is 14.9 Å². The van der Waals surface area contributed by atoms with Gasteiger partial charge in [0.05, 0.1) is 4.92 Å². The molecular formula is C17H14N2O4S2. The standard InChI is InChI=1S/C17H14N2O4S2/c1-3-24-17-18-14(16(20)25-17)9-12-5-7-15(23-12)13-6-4-11(19(21)22)8-10(13)2/h4-9H,3H2,1-2H3/b14-9-. The second kappa shape index (κ2) is 7.28. The first-order chi connectivity index (χ1) is 12.0. The Morgan fingerprint density at radius 1 is 1.36 bits per heavy atom. The van der Waals surface area contributed by atoms with Gasteiger partial charge in [0.25, 0.3) is 5.69 Å². The molecule has 0 spiro atoms. The smallest absolute Gasteiger partial charge is 0.269 e. The number of benzene rings is 1. The van der Waals surface area contributed by atoms with Crippen LogP contribution in [0.5, 0.6) is 0 Å². The van der Waals surface area contributed by atoms with E-state index in [1.54, 1.807) is 31.2 Å². The lowest BCUT2D eigenvalue weighted by Gasteiger charge is -2.02. The third-order valence-electron chi connectivity index (χ3n) is 3.46. The molecule has 0 unspecified atom stereocenters. The summed E-state index contributed by atoms with van der Waals surface area (Å²) < 4.78 is 6.52. The number of hydrogen-bond donors (Lipinski definition) is 0. The number of hydrogen-bond acceptors (Lipinski definition) is 7. The summed E-state index contributed by atoms with van der Waals surface area (Å²) in [6.07, 6.45) is 1.61. The van der Waals surface area contributed by atoms with Gasteiger partial charge in [0.15, 0.2) is 0 Å². The Kier molecular flexibility index (Phi) is 5.10. The molecule has 2 aromatic rings. The van der Waals surface area contributed by atoms with E-state index in [-0.39, 0.29) is 10.8 Å². The van der Waals surface area contributed by atoms with Crippen molar-refractivity contribution in [2.75, 3.05) is 5.75 Å². The number of rotatable bonds is 4. The number of aryl methyl sites for hydroxylation is 1. The average molecular weight is 374 g/mol. The van der Waals surface area contributed by atoms with Gasteiger partial charge in [-0.05, 0) is 48.2 Å². The van der Waals surface area contributed by atoms with E-state index in [1.165, 1.54) is 23.9 Å². The van der Waals surface area contributed by atoms with Gasteiger partial charge >= 0.3 is 0 Å². The molecule has 0 fully saturated rings. The number of aliphatic imine (C=N–C) groups is 1. The maximum absolute atomic E-state index is 12.0. The molecule has 0 saturated heterocycles. The van der Waals surface area contributed by atoms with E-state index in [0.29, 0.717) is 17.2 Å². The van der Waals surface area contributed by atoms with Crippen LogP contribution in [0.2, 0.25) is 0 Å². The number of thioether (sulfide) groups is 2. The zero-order valence-corrected chi connectivity index (χ0v) is 15.1. The van der Waals surface area contributed by atoms with Crippen LogP contribution < -0.4 is 0 Å². The van der Waals surface area contributed by atoms with Crippen LogP contribution in [0, 0.1) is 17.0 Å². The van der Waals surface area contributed by atoms with Crippen LogP contribution in [-0.4, -0.2) is 20.2 Å². The fourth-order valence-electron chi connectivity index (χ4n) is 2.32. The molecule has 0 atom stereocenters. The predicted octanol–water partition coefficient (Wildman–Crippen LogP) is 4.89. The van der Waals surface area contributed by atoms with E-state index in [2.05, 4.69) is 4.99 Å². The minimum absolute atomic E-state index is 0.0408. The molecule has 3 rings (SSSR count). The molecule has 2 heterocycles. The zero-order valence-electron chi connectivity index (χ0n) is 13.5. The van der Waals surface area contributed by atoms with Crippen LogP contribution in [-0.2, 0) is 4.79 Å². The lowest BCUT2D eigenvalue weighted by atomic mass is 10.1. The van der Waals surface area contributed by atoms with E-state index in [1.807, 2.05) is 6.92 Å². The summed E-state index contributed by atoms with van der Waals surface area (Å²) in [6, 6.07) is 8.14. The Labute approximate surface area is 152 Å². The van der Waals surface area contributed by atoms with E-state index in [9.17, 15) is 14.9 Å². The summed E-state index contributed by atoms with van der Waals surface area (Å²) in [7, 11) is 0. The van der Waals surface area contributed by atoms with Crippen LogP contribution in [0.25, 0.3) is 17.4 Å². The molecule has 8 heteroatoms. The number of furan rings is 1. The fourth-order valence-corrected chi connectivity index (χ4v) is 4.06. The van der Waals surface area contributed by atoms with Crippen LogP contribution in [0.3, 0.4) is 0 Å². The normalized spacial score (nSPS) is 15.7. The lowest BCUT2D eigenvalue weighted by molar-refractivity contribution is -0.384. The van der Waals surface area contributed by atoms with Crippen LogP contribution in [0.1, 0.15) is 18.2 Å². The van der Waals surface area contributed by atoms with Crippen molar-refractivity contribution in [1.82, 2.24) is 0 Å². The van der Waals surface area contributed by atoms with Crippen molar-refractivity contribution in [2.24, 2.45) is 4.99 Å². The minimum atomic E-state index is -0.429. The molecule has 1 aromatic carbocycles.